The number of allylic oxidation sites excluding steroid dienone is 1. The van der Waals surface area contributed by atoms with Gasteiger partial charge in [0, 0.05) is 55.0 Å². The SMILES string of the molecule is C[C@H]1CC/C=C\[C@@H]2C[C@@]2(C(=O)NS(=O)(=O)C2(C)CC2)NC(=O)[C@@H]2C[C@@H](Oc3nccc4c(N5CCOCC5)cccc34)CN2C(=O)[C@@H](N(C(=O)O)C(C)(C)C(C)(F)F)[C@H](C)C1. The lowest BCUT2D eigenvalue weighted by Gasteiger charge is -2.47. The van der Waals surface area contributed by atoms with E-state index in [2.05, 4.69) is 19.9 Å². The molecule has 7 atom stereocenters. The first-order valence-corrected chi connectivity index (χ1v) is 22.7. The fourth-order valence-electron chi connectivity index (χ4n) is 9.15. The first kappa shape index (κ1) is 44.5. The molecule has 0 spiro atoms. The Bertz CT molecular complexity index is 2190. The van der Waals surface area contributed by atoms with Crippen LogP contribution in [0.1, 0.15) is 86.5 Å². The molecule has 334 valence electrons. The molecule has 4 heterocycles. The lowest BCUT2D eigenvalue weighted by molar-refractivity contribution is -0.156. The number of aromatic nitrogens is 1. The molecule has 7 rings (SSSR count). The van der Waals surface area contributed by atoms with Gasteiger partial charge in [0.15, 0.2) is 0 Å². The Kier molecular flexibility index (Phi) is 11.9. The maximum absolute atomic E-state index is 15.4. The number of benzene rings is 1. The number of carbonyl (C=O) groups excluding carboxylic acids is 3. The maximum atomic E-state index is 15.4. The van der Waals surface area contributed by atoms with E-state index in [4.69, 9.17) is 9.47 Å². The fourth-order valence-corrected chi connectivity index (χ4v) is 10.5. The molecule has 4 fully saturated rings. The van der Waals surface area contributed by atoms with Crippen LogP contribution in [0.3, 0.4) is 0 Å². The Morgan fingerprint density at radius 3 is 2.44 bits per heavy atom. The molecular formula is C43H58F2N6O9S. The summed E-state index contributed by atoms with van der Waals surface area (Å²) in [6, 6.07) is 4.57. The van der Waals surface area contributed by atoms with Crippen LogP contribution in [-0.4, -0.2) is 125 Å². The number of morpholine rings is 1. The second-order valence-corrected chi connectivity index (χ2v) is 20.8. The van der Waals surface area contributed by atoms with Crippen molar-refractivity contribution in [2.45, 2.75) is 126 Å². The number of anilines is 1. The topological polar surface area (TPSA) is 188 Å². The van der Waals surface area contributed by atoms with Gasteiger partial charge in [0.25, 0.3) is 11.8 Å². The van der Waals surface area contributed by atoms with Crippen molar-refractivity contribution in [3.63, 3.8) is 0 Å². The van der Waals surface area contributed by atoms with Gasteiger partial charge in [-0.2, -0.15) is 0 Å². The van der Waals surface area contributed by atoms with Crippen LogP contribution >= 0.6 is 0 Å². The second-order valence-electron chi connectivity index (χ2n) is 18.6. The van der Waals surface area contributed by atoms with Crippen molar-refractivity contribution in [1.82, 2.24) is 24.8 Å². The molecule has 0 unspecified atom stereocenters. The van der Waals surface area contributed by atoms with Gasteiger partial charge in [-0.15, -0.1) is 0 Å². The highest BCUT2D eigenvalue weighted by Gasteiger charge is 2.63. The van der Waals surface area contributed by atoms with Crippen LogP contribution in [0.2, 0.25) is 0 Å². The first-order chi connectivity index (χ1) is 28.6. The number of sulfonamides is 1. The number of carboxylic acid groups (broad SMARTS) is 1. The van der Waals surface area contributed by atoms with Gasteiger partial charge in [-0.3, -0.25) is 24.0 Å². The molecule has 2 aromatic rings. The molecule has 1 aromatic heterocycles. The van der Waals surface area contributed by atoms with Crippen LogP contribution in [0, 0.1) is 17.8 Å². The predicted octanol–water partition coefficient (Wildman–Crippen LogP) is 5.09. The van der Waals surface area contributed by atoms with Gasteiger partial charge in [-0.25, -0.2) is 27.0 Å². The normalized spacial score (nSPS) is 30.2. The number of rotatable bonds is 9. The van der Waals surface area contributed by atoms with E-state index in [1.807, 2.05) is 37.3 Å². The van der Waals surface area contributed by atoms with E-state index in [1.165, 1.54) is 4.90 Å². The largest absolute Gasteiger partial charge is 0.472 e. The standard InChI is InChI=1S/C43H58F2N6O9S/c1-26-10-7-8-11-28-24-43(28,38(54)48-61(57,58)41(5)15-16-41)47-35(52)33-23-29(60-36-31-12-9-13-32(30(31)14-17-46-36)49-18-20-59-21-19-49)25-50(33)37(53)34(27(2)22-26)51(39(55)56)40(3,4)42(6,44)45/h8-9,11-14,17,26-29,33-34H,7,10,15-16,18-25H2,1-6H3,(H,47,52)(H,48,54)(H,55,56)/b11-8-/t26-,27+,28+,29+,33-,34-,43+/m0/s1. The van der Waals surface area contributed by atoms with Gasteiger partial charge < -0.3 is 29.7 Å². The molecular weight excluding hydrogens is 815 g/mol. The summed E-state index contributed by atoms with van der Waals surface area (Å²) in [5.74, 6) is -7.35. The van der Waals surface area contributed by atoms with Crippen LogP contribution in [-0.2, 0) is 29.1 Å². The lowest BCUT2D eigenvalue weighted by atomic mass is 9.84. The Balaban J connectivity index is 1.28. The molecule has 0 bridgehead atoms. The number of alkyl halides is 2. The first-order valence-electron chi connectivity index (χ1n) is 21.2. The van der Waals surface area contributed by atoms with E-state index < -0.39 is 85.6 Å². The summed E-state index contributed by atoms with van der Waals surface area (Å²) in [4.78, 5) is 65.6. The predicted molar refractivity (Wildman–Crippen MR) is 223 cm³/mol. The van der Waals surface area contributed by atoms with Crippen LogP contribution < -0.4 is 19.7 Å². The molecule has 1 aromatic carbocycles. The summed E-state index contributed by atoms with van der Waals surface area (Å²) >= 11 is 0. The van der Waals surface area contributed by atoms with Gasteiger partial charge in [-0.1, -0.05) is 32.1 Å². The number of nitrogens with one attached hydrogen (secondary N) is 2. The van der Waals surface area contributed by atoms with Crippen molar-refractivity contribution in [1.29, 1.82) is 0 Å². The number of ether oxygens (including phenoxy) is 2. The van der Waals surface area contributed by atoms with Crippen molar-refractivity contribution in [3.05, 3.63) is 42.6 Å². The zero-order valence-electron chi connectivity index (χ0n) is 35.7. The Morgan fingerprint density at radius 2 is 1.79 bits per heavy atom. The molecule has 2 saturated carbocycles. The minimum absolute atomic E-state index is 0.0948. The van der Waals surface area contributed by atoms with Gasteiger partial charge in [0.05, 0.1) is 24.5 Å². The zero-order valence-corrected chi connectivity index (χ0v) is 36.5. The number of nitrogens with zero attached hydrogens (tertiary/aromatic N) is 4. The molecule has 61 heavy (non-hydrogen) atoms. The summed E-state index contributed by atoms with van der Waals surface area (Å²) < 4.78 is 70.6. The van der Waals surface area contributed by atoms with Crippen molar-refractivity contribution < 1.29 is 51.0 Å². The third-order valence-electron chi connectivity index (χ3n) is 13.7. The van der Waals surface area contributed by atoms with Crippen LogP contribution in [0.15, 0.2) is 42.6 Å². The summed E-state index contributed by atoms with van der Waals surface area (Å²) in [6.07, 6.45) is 4.76. The third kappa shape index (κ3) is 8.50. The van der Waals surface area contributed by atoms with E-state index in [-0.39, 0.29) is 31.2 Å². The highest BCUT2D eigenvalue weighted by atomic mass is 32.2. The number of amides is 4. The van der Waals surface area contributed by atoms with Gasteiger partial charge in [0.2, 0.25) is 27.7 Å². The molecule has 15 nitrogen and oxygen atoms in total. The van der Waals surface area contributed by atoms with Gasteiger partial charge in [0.1, 0.15) is 29.3 Å². The number of carbonyl (C=O) groups is 4. The monoisotopic (exact) mass is 872 g/mol. The number of hydrogen-bond acceptors (Lipinski definition) is 10. The number of hydrogen-bond donors (Lipinski definition) is 3. The van der Waals surface area contributed by atoms with Gasteiger partial charge >= 0.3 is 6.09 Å². The average Bonchev–Trinajstić information content (AvgIpc) is 4.07. The van der Waals surface area contributed by atoms with E-state index in [1.54, 1.807) is 26.1 Å². The van der Waals surface area contributed by atoms with Crippen LogP contribution in [0.25, 0.3) is 10.8 Å². The average molecular weight is 873 g/mol. The van der Waals surface area contributed by atoms with Crippen molar-refractivity contribution >= 4 is 50.3 Å². The fraction of sp³-hybridized carbons (Fsp3) is 0.651. The third-order valence-corrected chi connectivity index (χ3v) is 15.9. The van der Waals surface area contributed by atoms with Crippen molar-refractivity contribution in [2.24, 2.45) is 17.8 Å². The van der Waals surface area contributed by atoms with Gasteiger partial charge in [-0.05, 0) is 89.3 Å². The zero-order chi connectivity index (χ0) is 44.3. The molecule has 2 aliphatic carbocycles. The minimum atomic E-state index is -4.09. The maximum Gasteiger partial charge on any atom is 0.408 e. The number of halogens is 2. The molecule has 3 N–H and O–H groups in total. The summed E-state index contributed by atoms with van der Waals surface area (Å²) in [5.41, 5.74) is -3.08. The van der Waals surface area contributed by atoms with Crippen LogP contribution in [0.4, 0.5) is 19.3 Å². The molecule has 5 aliphatic rings. The van der Waals surface area contributed by atoms with E-state index >= 15 is 13.6 Å². The highest BCUT2D eigenvalue weighted by molar-refractivity contribution is 7.91. The smallest absolute Gasteiger partial charge is 0.408 e. The molecule has 18 heteroatoms. The molecule has 2 saturated heterocycles. The summed E-state index contributed by atoms with van der Waals surface area (Å²) in [5, 5.41) is 15.0. The number of pyridine rings is 1. The Morgan fingerprint density at radius 1 is 1.08 bits per heavy atom. The van der Waals surface area contributed by atoms with Crippen molar-refractivity contribution in [2.75, 3.05) is 37.7 Å². The second kappa shape index (κ2) is 16.3. The quantitative estimate of drug-likeness (QED) is 0.285. The molecule has 3 aliphatic heterocycles. The van der Waals surface area contributed by atoms with E-state index in [0.29, 0.717) is 75.6 Å². The van der Waals surface area contributed by atoms with Crippen molar-refractivity contribution in [3.8, 4) is 5.88 Å². The summed E-state index contributed by atoms with van der Waals surface area (Å²) in [7, 11) is -4.09. The Hall–Kier alpha value is -4.58. The highest BCUT2D eigenvalue weighted by Crippen LogP contribution is 2.48. The number of fused-ring (bicyclic) bond motifs is 3. The van der Waals surface area contributed by atoms with Crippen LogP contribution in [0.5, 0.6) is 5.88 Å². The lowest BCUT2D eigenvalue weighted by Crippen LogP contribution is -2.66. The van der Waals surface area contributed by atoms with E-state index in [0.717, 1.165) is 24.9 Å². The Labute approximate surface area is 355 Å². The minimum Gasteiger partial charge on any atom is -0.472 e. The van der Waals surface area contributed by atoms with E-state index in [9.17, 15) is 27.9 Å². The molecule has 4 amide bonds. The molecule has 0 radical (unpaired) electrons. The summed E-state index contributed by atoms with van der Waals surface area (Å²) in [6.45, 7) is 10.2.